The predicted molar refractivity (Wildman–Crippen MR) is 102 cm³/mol. The highest BCUT2D eigenvalue weighted by molar-refractivity contribution is 7.89. The summed E-state index contributed by atoms with van der Waals surface area (Å²) in [5.41, 5.74) is 0.801. The van der Waals surface area contributed by atoms with Crippen LogP contribution in [0, 0.1) is 0 Å². The first-order valence-electron chi connectivity index (χ1n) is 8.34. The van der Waals surface area contributed by atoms with Crippen molar-refractivity contribution in [3.8, 4) is 5.69 Å². The van der Waals surface area contributed by atoms with Crippen molar-refractivity contribution >= 4 is 21.4 Å². The van der Waals surface area contributed by atoms with Gasteiger partial charge in [-0.3, -0.25) is 0 Å². The minimum atomic E-state index is -3.56. The third kappa shape index (κ3) is 4.59. The highest BCUT2D eigenvalue weighted by Gasteiger charge is 2.17. The molecule has 3 rings (SSSR count). The van der Waals surface area contributed by atoms with Gasteiger partial charge in [0.15, 0.2) is 0 Å². The molecule has 3 aromatic rings. The third-order valence-electron chi connectivity index (χ3n) is 4.12. The van der Waals surface area contributed by atoms with Gasteiger partial charge in [0.05, 0.1) is 10.6 Å². The van der Waals surface area contributed by atoms with Crippen molar-refractivity contribution in [2.45, 2.75) is 23.7 Å². The smallest absolute Gasteiger partial charge is 0.240 e. The number of hydrogen-bond acceptors (Lipinski definition) is 5. The van der Waals surface area contributed by atoms with E-state index in [9.17, 15) is 13.5 Å². The fourth-order valence-corrected chi connectivity index (χ4v) is 4.71. The molecule has 1 atom stereocenters. The lowest BCUT2D eigenvalue weighted by Crippen LogP contribution is -2.26. The maximum Gasteiger partial charge on any atom is 0.240 e. The lowest BCUT2D eigenvalue weighted by Gasteiger charge is -2.15. The van der Waals surface area contributed by atoms with E-state index in [-0.39, 0.29) is 17.4 Å². The van der Waals surface area contributed by atoms with E-state index in [1.807, 2.05) is 23.6 Å². The van der Waals surface area contributed by atoms with Crippen LogP contribution in [0.2, 0.25) is 0 Å². The molecule has 0 amide bonds. The molecule has 2 N–H and O–H groups in total. The van der Waals surface area contributed by atoms with Gasteiger partial charge >= 0.3 is 0 Å². The highest BCUT2D eigenvalue weighted by Crippen LogP contribution is 2.27. The standard InChI is InChI=1S/C18H21N3O3S2/c22-13-9-15(18-3-1-14-25-18)8-11-20-26(23,24)17-6-4-16(5-7-17)21-12-2-10-19-21/h1-7,10,12,14-15,20,22H,8-9,11,13H2. The van der Waals surface area contributed by atoms with Gasteiger partial charge in [-0.1, -0.05) is 6.07 Å². The van der Waals surface area contributed by atoms with E-state index in [4.69, 9.17) is 0 Å². The lowest BCUT2D eigenvalue weighted by atomic mass is 10.0. The minimum absolute atomic E-state index is 0.0875. The number of nitrogens with one attached hydrogen (secondary N) is 1. The summed E-state index contributed by atoms with van der Waals surface area (Å²) < 4.78 is 29.3. The fraction of sp³-hybridized carbons (Fsp3) is 0.278. The molecule has 0 aliphatic carbocycles. The predicted octanol–water partition coefficient (Wildman–Crippen LogP) is 2.77. The molecule has 0 aliphatic heterocycles. The van der Waals surface area contributed by atoms with Gasteiger partial charge in [-0.25, -0.2) is 17.8 Å². The summed E-state index contributed by atoms with van der Waals surface area (Å²) in [6.45, 7) is 0.413. The topological polar surface area (TPSA) is 84.2 Å². The Kier molecular flexibility index (Phi) is 6.20. The normalized spacial score (nSPS) is 13.0. The summed E-state index contributed by atoms with van der Waals surface area (Å²) in [6.07, 6.45) is 4.74. The SMILES string of the molecule is O=S(=O)(NCCC(CCO)c1cccs1)c1ccc(-n2cccn2)cc1. The van der Waals surface area contributed by atoms with Crippen LogP contribution in [0.25, 0.3) is 5.69 Å². The number of thiophene rings is 1. The van der Waals surface area contributed by atoms with E-state index in [0.29, 0.717) is 19.4 Å². The van der Waals surface area contributed by atoms with Crippen molar-refractivity contribution in [2.24, 2.45) is 0 Å². The number of sulfonamides is 1. The van der Waals surface area contributed by atoms with Crippen LogP contribution in [0.4, 0.5) is 0 Å². The molecule has 0 radical (unpaired) electrons. The number of nitrogens with zero attached hydrogens (tertiary/aromatic N) is 2. The molecule has 0 saturated heterocycles. The van der Waals surface area contributed by atoms with E-state index in [0.717, 1.165) is 5.69 Å². The number of aliphatic hydroxyl groups excluding tert-OH is 1. The number of rotatable bonds is 9. The van der Waals surface area contributed by atoms with Crippen LogP contribution >= 0.6 is 11.3 Å². The number of hydrogen-bond donors (Lipinski definition) is 2. The van der Waals surface area contributed by atoms with E-state index in [2.05, 4.69) is 9.82 Å². The molecule has 2 heterocycles. The second-order valence-electron chi connectivity index (χ2n) is 5.86. The van der Waals surface area contributed by atoms with Gasteiger partial charge in [0, 0.05) is 30.4 Å². The molecule has 0 bridgehead atoms. The van der Waals surface area contributed by atoms with Crippen molar-refractivity contribution in [3.63, 3.8) is 0 Å². The molecular weight excluding hydrogens is 370 g/mol. The van der Waals surface area contributed by atoms with Gasteiger partial charge < -0.3 is 5.11 Å². The van der Waals surface area contributed by atoms with Crippen LogP contribution in [-0.4, -0.2) is 36.5 Å². The summed E-state index contributed by atoms with van der Waals surface area (Å²) in [5.74, 6) is 0.157. The number of aromatic nitrogens is 2. The van der Waals surface area contributed by atoms with Crippen LogP contribution in [0.5, 0.6) is 0 Å². The molecule has 0 fully saturated rings. The Morgan fingerprint density at radius 3 is 2.58 bits per heavy atom. The van der Waals surface area contributed by atoms with E-state index < -0.39 is 10.0 Å². The minimum Gasteiger partial charge on any atom is -0.396 e. The van der Waals surface area contributed by atoms with Crippen molar-refractivity contribution < 1.29 is 13.5 Å². The molecule has 6 nitrogen and oxygen atoms in total. The second kappa shape index (κ2) is 8.59. The first kappa shape index (κ1) is 18.8. The maximum atomic E-state index is 12.5. The van der Waals surface area contributed by atoms with Crippen LogP contribution in [0.3, 0.4) is 0 Å². The van der Waals surface area contributed by atoms with Gasteiger partial charge in [0.2, 0.25) is 10.0 Å². The van der Waals surface area contributed by atoms with Gasteiger partial charge in [0.1, 0.15) is 0 Å². The zero-order chi connectivity index (χ0) is 18.4. The third-order valence-corrected chi connectivity index (χ3v) is 6.64. The molecule has 2 aromatic heterocycles. The van der Waals surface area contributed by atoms with Crippen molar-refractivity contribution in [2.75, 3.05) is 13.2 Å². The van der Waals surface area contributed by atoms with Gasteiger partial charge in [-0.2, -0.15) is 5.10 Å². The summed E-state index contributed by atoms with van der Waals surface area (Å²) in [7, 11) is -3.56. The first-order chi connectivity index (χ1) is 12.6. The van der Waals surface area contributed by atoms with Crippen LogP contribution in [0.1, 0.15) is 23.6 Å². The van der Waals surface area contributed by atoms with Crippen molar-refractivity contribution in [1.82, 2.24) is 14.5 Å². The average molecular weight is 392 g/mol. The van der Waals surface area contributed by atoms with E-state index in [1.165, 1.54) is 4.88 Å². The highest BCUT2D eigenvalue weighted by atomic mass is 32.2. The van der Waals surface area contributed by atoms with Crippen LogP contribution in [-0.2, 0) is 10.0 Å². The second-order valence-corrected chi connectivity index (χ2v) is 8.60. The molecule has 26 heavy (non-hydrogen) atoms. The van der Waals surface area contributed by atoms with E-state index >= 15 is 0 Å². The summed E-state index contributed by atoms with van der Waals surface area (Å²) >= 11 is 1.63. The zero-order valence-electron chi connectivity index (χ0n) is 14.2. The largest absolute Gasteiger partial charge is 0.396 e. The molecule has 1 unspecified atom stereocenters. The molecule has 1 aromatic carbocycles. The zero-order valence-corrected chi connectivity index (χ0v) is 15.8. The Balaban J connectivity index is 1.61. The van der Waals surface area contributed by atoms with Crippen LogP contribution in [0.15, 0.2) is 65.1 Å². The van der Waals surface area contributed by atoms with Gasteiger partial charge in [-0.15, -0.1) is 11.3 Å². The maximum absolute atomic E-state index is 12.5. The van der Waals surface area contributed by atoms with Crippen LogP contribution < -0.4 is 4.72 Å². The van der Waals surface area contributed by atoms with E-state index in [1.54, 1.807) is 52.7 Å². The Morgan fingerprint density at radius 1 is 1.15 bits per heavy atom. The molecular formula is C18H21N3O3S2. The molecule has 0 saturated carbocycles. The molecule has 8 heteroatoms. The van der Waals surface area contributed by atoms with Crippen molar-refractivity contribution in [3.05, 3.63) is 65.1 Å². The Morgan fingerprint density at radius 2 is 1.96 bits per heavy atom. The van der Waals surface area contributed by atoms with Gasteiger partial charge in [-0.05, 0) is 60.5 Å². The lowest BCUT2D eigenvalue weighted by molar-refractivity contribution is 0.273. The molecule has 0 aliphatic rings. The number of aliphatic hydroxyl groups is 1. The number of benzene rings is 1. The molecule has 0 spiro atoms. The fourth-order valence-electron chi connectivity index (χ4n) is 2.76. The molecule has 138 valence electrons. The summed E-state index contributed by atoms with van der Waals surface area (Å²) in [5, 5.41) is 15.3. The summed E-state index contributed by atoms with van der Waals surface area (Å²) in [4.78, 5) is 1.39. The first-order valence-corrected chi connectivity index (χ1v) is 10.7. The summed E-state index contributed by atoms with van der Waals surface area (Å²) in [6, 6.07) is 12.4. The Bertz CT molecular complexity index is 890. The Hall–Kier alpha value is -2.00. The Labute approximate surface area is 157 Å². The quantitative estimate of drug-likeness (QED) is 0.587. The average Bonchev–Trinajstić information content (AvgIpc) is 3.35. The monoisotopic (exact) mass is 391 g/mol. The van der Waals surface area contributed by atoms with Gasteiger partial charge in [0.25, 0.3) is 0 Å². The van der Waals surface area contributed by atoms with Crippen molar-refractivity contribution in [1.29, 1.82) is 0 Å².